The van der Waals surface area contributed by atoms with E-state index >= 15 is 0 Å². The van der Waals surface area contributed by atoms with Crippen molar-refractivity contribution in [3.63, 3.8) is 0 Å². The summed E-state index contributed by atoms with van der Waals surface area (Å²) >= 11 is 5.92. The van der Waals surface area contributed by atoms with Gasteiger partial charge in [0.1, 0.15) is 10.8 Å². The third kappa shape index (κ3) is 2.48. The Labute approximate surface area is 126 Å². The van der Waals surface area contributed by atoms with Crippen LogP contribution in [0.4, 0.5) is 0 Å². The van der Waals surface area contributed by atoms with Crippen LogP contribution in [0.25, 0.3) is 16.9 Å². The summed E-state index contributed by atoms with van der Waals surface area (Å²) in [6.07, 6.45) is 0. The number of benzene rings is 1. The van der Waals surface area contributed by atoms with E-state index < -0.39 is 5.97 Å². The number of imidazole rings is 1. The summed E-state index contributed by atoms with van der Waals surface area (Å²) in [6.45, 7) is 2.03. The second-order valence-electron chi connectivity index (χ2n) is 4.32. The van der Waals surface area contributed by atoms with E-state index in [1.165, 1.54) is 4.52 Å². The maximum absolute atomic E-state index is 12.3. The molecule has 0 unspecified atom stereocenters. The molecule has 1 aromatic carbocycles. The van der Waals surface area contributed by atoms with Gasteiger partial charge in [-0.25, -0.2) is 14.3 Å². The molecule has 0 atom stereocenters. The minimum atomic E-state index is -0.474. The molecule has 0 fully saturated rings. The van der Waals surface area contributed by atoms with Gasteiger partial charge in [0.25, 0.3) is 0 Å². The van der Waals surface area contributed by atoms with Crippen molar-refractivity contribution >= 4 is 23.2 Å². The Balaban J connectivity index is 2.28. The first-order valence-corrected chi connectivity index (χ1v) is 6.86. The van der Waals surface area contributed by atoms with Crippen LogP contribution in [-0.2, 0) is 4.74 Å². The molecule has 0 radical (unpaired) electrons. The molecule has 0 spiro atoms. The number of ether oxygens (including phenoxy) is 1. The van der Waals surface area contributed by atoms with Gasteiger partial charge in [0, 0.05) is 5.56 Å². The lowest BCUT2D eigenvalue weighted by atomic mass is 10.1. The first-order chi connectivity index (χ1) is 10.2. The van der Waals surface area contributed by atoms with E-state index in [9.17, 15) is 4.79 Å². The highest BCUT2D eigenvalue weighted by Crippen LogP contribution is 2.25. The summed E-state index contributed by atoms with van der Waals surface area (Å²) in [5.74, 6) is -0.474. The molecular weight excluding hydrogens is 290 g/mol. The number of hydrogen-bond acceptors (Lipinski definition) is 4. The fraction of sp³-hybridized carbons (Fsp3) is 0.133. The van der Waals surface area contributed by atoms with Crippen LogP contribution in [0, 0.1) is 0 Å². The van der Waals surface area contributed by atoms with Gasteiger partial charge in [-0.2, -0.15) is 5.10 Å². The van der Waals surface area contributed by atoms with Crippen LogP contribution in [0.1, 0.15) is 17.4 Å². The predicted molar refractivity (Wildman–Crippen MR) is 79.4 cm³/mol. The van der Waals surface area contributed by atoms with E-state index in [2.05, 4.69) is 10.1 Å². The summed E-state index contributed by atoms with van der Waals surface area (Å²) in [6, 6.07) is 12.8. The van der Waals surface area contributed by atoms with E-state index in [1.54, 1.807) is 19.1 Å². The molecule has 3 aromatic rings. The summed E-state index contributed by atoms with van der Waals surface area (Å²) in [4.78, 5) is 16.7. The van der Waals surface area contributed by atoms with E-state index in [-0.39, 0.29) is 17.5 Å². The third-order valence-corrected chi connectivity index (χ3v) is 3.16. The predicted octanol–water partition coefficient (Wildman–Crippen LogP) is 3.23. The number of aromatic nitrogens is 3. The van der Waals surface area contributed by atoms with E-state index in [0.717, 1.165) is 5.56 Å². The van der Waals surface area contributed by atoms with Crippen molar-refractivity contribution in [1.29, 1.82) is 0 Å². The molecule has 0 saturated carbocycles. The van der Waals surface area contributed by atoms with Gasteiger partial charge in [0.15, 0.2) is 11.3 Å². The Morgan fingerprint density at radius 3 is 2.71 bits per heavy atom. The molecule has 2 aromatic heterocycles. The summed E-state index contributed by atoms with van der Waals surface area (Å²) in [5, 5.41) is 4.43. The monoisotopic (exact) mass is 301 g/mol. The van der Waals surface area contributed by atoms with Crippen LogP contribution < -0.4 is 0 Å². The zero-order chi connectivity index (χ0) is 14.8. The van der Waals surface area contributed by atoms with E-state index in [1.807, 2.05) is 30.3 Å². The molecule has 5 nitrogen and oxygen atoms in total. The number of halogens is 1. The van der Waals surface area contributed by atoms with Crippen LogP contribution in [0.2, 0.25) is 5.15 Å². The first-order valence-electron chi connectivity index (χ1n) is 6.48. The largest absolute Gasteiger partial charge is 0.461 e. The maximum Gasteiger partial charge on any atom is 0.359 e. The molecule has 21 heavy (non-hydrogen) atoms. The number of carbonyl (C=O) groups is 1. The highest BCUT2D eigenvalue weighted by Gasteiger charge is 2.22. The van der Waals surface area contributed by atoms with Crippen LogP contribution in [0.5, 0.6) is 0 Å². The third-order valence-electron chi connectivity index (χ3n) is 2.96. The topological polar surface area (TPSA) is 56.5 Å². The molecule has 0 N–H and O–H groups in total. The Kier molecular flexibility index (Phi) is 3.58. The number of nitrogens with zero attached hydrogens (tertiary/aromatic N) is 3. The Morgan fingerprint density at radius 2 is 2.00 bits per heavy atom. The molecule has 106 valence electrons. The zero-order valence-corrected chi connectivity index (χ0v) is 12.0. The second-order valence-corrected chi connectivity index (χ2v) is 4.71. The Morgan fingerprint density at radius 1 is 1.24 bits per heavy atom. The SMILES string of the molecule is CCOC(=O)c1c(-c2ccccc2)nc2ccc(Cl)nn12. The standard InChI is InChI=1S/C15H12ClN3O2/c1-2-21-15(20)14-13(10-6-4-3-5-7-10)17-12-9-8-11(16)18-19(12)14/h3-9H,2H2,1H3. The van der Waals surface area contributed by atoms with Crippen molar-refractivity contribution < 1.29 is 9.53 Å². The van der Waals surface area contributed by atoms with Gasteiger partial charge in [-0.1, -0.05) is 41.9 Å². The molecule has 0 aliphatic rings. The minimum Gasteiger partial charge on any atom is -0.461 e. The highest BCUT2D eigenvalue weighted by atomic mass is 35.5. The van der Waals surface area contributed by atoms with Crippen molar-refractivity contribution in [1.82, 2.24) is 14.6 Å². The lowest BCUT2D eigenvalue weighted by Crippen LogP contribution is -2.11. The summed E-state index contributed by atoms with van der Waals surface area (Å²) < 4.78 is 6.53. The van der Waals surface area contributed by atoms with E-state index in [4.69, 9.17) is 16.3 Å². The average Bonchev–Trinajstić information content (AvgIpc) is 2.87. The van der Waals surface area contributed by atoms with Crippen LogP contribution in [-0.4, -0.2) is 27.2 Å². The minimum absolute atomic E-state index is 0.278. The summed E-state index contributed by atoms with van der Waals surface area (Å²) in [7, 11) is 0. The Hall–Kier alpha value is -2.40. The summed E-state index contributed by atoms with van der Waals surface area (Å²) in [5.41, 5.74) is 2.17. The van der Waals surface area contributed by atoms with Gasteiger partial charge in [-0.3, -0.25) is 0 Å². The van der Waals surface area contributed by atoms with Gasteiger partial charge >= 0.3 is 5.97 Å². The second kappa shape index (κ2) is 5.54. The fourth-order valence-electron chi connectivity index (χ4n) is 2.09. The number of rotatable bonds is 3. The quantitative estimate of drug-likeness (QED) is 0.697. The van der Waals surface area contributed by atoms with Gasteiger partial charge in [0.05, 0.1) is 6.61 Å². The van der Waals surface area contributed by atoms with Gasteiger partial charge in [-0.05, 0) is 19.1 Å². The van der Waals surface area contributed by atoms with Crippen molar-refractivity contribution in [3.8, 4) is 11.3 Å². The first kappa shape index (κ1) is 13.6. The number of carbonyl (C=O) groups excluding carboxylic acids is 1. The molecule has 0 saturated heterocycles. The van der Waals surface area contributed by atoms with Crippen molar-refractivity contribution in [2.75, 3.05) is 6.61 Å². The highest BCUT2D eigenvalue weighted by molar-refractivity contribution is 6.29. The smallest absolute Gasteiger partial charge is 0.359 e. The van der Waals surface area contributed by atoms with Crippen LogP contribution >= 0.6 is 11.6 Å². The molecule has 0 aliphatic heterocycles. The molecular formula is C15H12ClN3O2. The fourth-order valence-corrected chi connectivity index (χ4v) is 2.23. The lowest BCUT2D eigenvalue weighted by Gasteiger charge is -2.04. The van der Waals surface area contributed by atoms with Crippen LogP contribution in [0.3, 0.4) is 0 Å². The normalized spacial score (nSPS) is 10.8. The molecule has 6 heteroatoms. The molecule has 2 heterocycles. The van der Waals surface area contributed by atoms with Crippen molar-refractivity contribution in [2.45, 2.75) is 6.92 Å². The van der Waals surface area contributed by atoms with Crippen LogP contribution in [0.15, 0.2) is 42.5 Å². The van der Waals surface area contributed by atoms with Gasteiger partial charge in [0.2, 0.25) is 0 Å². The molecule has 0 amide bonds. The maximum atomic E-state index is 12.3. The van der Waals surface area contributed by atoms with Gasteiger partial charge in [-0.15, -0.1) is 0 Å². The van der Waals surface area contributed by atoms with Gasteiger partial charge < -0.3 is 4.74 Å². The zero-order valence-electron chi connectivity index (χ0n) is 11.3. The molecule has 0 aliphatic carbocycles. The van der Waals surface area contributed by atoms with Crippen molar-refractivity contribution in [2.24, 2.45) is 0 Å². The van der Waals surface area contributed by atoms with Crippen molar-refractivity contribution in [3.05, 3.63) is 53.3 Å². The number of hydrogen-bond donors (Lipinski definition) is 0. The average molecular weight is 302 g/mol. The van der Waals surface area contributed by atoms with E-state index in [0.29, 0.717) is 11.3 Å². The molecule has 0 bridgehead atoms. The number of fused-ring (bicyclic) bond motifs is 1. The lowest BCUT2D eigenvalue weighted by molar-refractivity contribution is 0.0518. The number of esters is 1. The Bertz CT molecular complexity index is 799. The molecule has 3 rings (SSSR count).